The number of carbonyl (C=O) groups excluding carboxylic acids is 1. The van der Waals surface area contributed by atoms with Gasteiger partial charge in [-0.2, -0.15) is 5.10 Å². The van der Waals surface area contributed by atoms with Crippen molar-refractivity contribution in [3.8, 4) is 0 Å². The zero-order valence-electron chi connectivity index (χ0n) is 11.3. The van der Waals surface area contributed by atoms with E-state index in [4.69, 9.17) is 0 Å². The zero-order valence-corrected chi connectivity index (χ0v) is 11.3. The molecule has 0 bridgehead atoms. The third kappa shape index (κ3) is 3.20. The van der Waals surface area contributed by atoms with Gasteiger partial charge in [0.25, 0.3) is 11.6 Å². The molecule has 106 valence electrons. The summed E-state index contributed by atoms with van der Waals surface area (Å²) >= 11 is 0. The number of hydrazone groups is 1. The van der Waals surface area contributed by atoms with Crippen LogP contribution in [-0.4, -0.2) is 16.5 Å². The third-order valence-corrected chi connectivity index (χ3v) is 3.54. The second-order valence-corrected chi connectivity index (χ2v) is 4.97. The van der Waals surface area contributed by atoms with Crippen LogP contribution in [0.15, 0.2) is 29.4 Å². The Kier molecular flexibility index (Phi) is 4.45. The van der Waals surface area contributed by atoms with Gasteiger partial charge in [-0.25, -0.2) is 5.43 Å². The van der Waals surface area contributed by atoms with E-state index in [0.29, 0.717) is 5.92 Å². The molecular formula is C14H17N3O3. The van der Waals surface area contributed by atoms with Crippen LogP contribution in [0, 0.1) is 16.0 Å². The molecule has 20 heavy (non-hydrogen) atoms. The largest absolute Gasteiger partial charge is 0.282 e. The summed E-state index contributed by atoms with van der Waals surface area (Å²) in [5.74, 6) is -0.183. The first kappa shape index (κ1) is 14.2. The van der Waals surface area contributed by atoms with E-state index < -0.39 is 10.8 Å². The number of nitrogens with one attached hydrogen (secondary N) is 1. The minimum atomic E-state index is -0.564. The molecule has 1 amide bonds. The molecule has 1 fully saturated rings. The van der Waals surface area contributed by atoms with Gasteiger partial charge >= 0.3 is 0 Å². The van der Waals surface area contributed by atoms with Crippen LogP contribution in [0.4, 0.5) is 5.69 Å². The normalized spacial score (nSPS) is 20.6. The highest BCUT2D eigenvalue weighted by atomic mass is 16.6. The Labute approximate surface area is 117 Å². The maximum Gasteiger partial charge on any atom is 0.282 e. The number of benzene rings is 1. The molecule has 1 saturated carbocycles. The van der Waals surface area contributed by atoms with Gasteiger partial charge in [-0.1, -0.05) is 25.5 Å². The van der Waals surface area contributed by atoms with E-state index >= 15 is 0 Å². The number of nitro benzene ring substituents is 1. The van der Waals surface area contributed by atoms with E-state index in [1.54, 1.807) is 6.07 Å². The Hall–Kier alpha value is -2.24. The van der Waals surface area contributed by atoms with Crippen LogP contribution >= 0.6 is 0 Å². The molecule has 1 aromatic carbocycles. The molecule has 0 saturated heterocycles. The fraction of sp³-hybridized carbons (Fsp3) is 0.429. The molecule has 1 atom stereocenters. The predicted octanol–water partition coefficient (Wildman–Crippen LogP) is 2.89. The fourth-order valence-electron chi connectivity index (χ4n) is 2.34. The van der Waals surface area contributed by atoms with E-state index in [9.17, 15) is 14.9 Å². The van der Waals surface area contributed by atoms with Crippen molar-refractivity contribution in [3.63, 3.8) is 0 Å². The van der Waals surface area contributed by atoms with Gasteiger partial charge in [-0.3, -0.25) is 14.9 Å². The Bertz CT molecular complexity index is 554. The Balaban J connectivity index is 2.13. The van der Waals surface area contributed by atoms with Gasteiger partial charge in [0.15, 0.2) is 0 Å². The van der Waals surface area contributed by atoms with Crippen molar-refractivity contribution in [1.82, 2.24) is 5.43 Å². The van der Waals surface area contributed by atoms with Crippen LogP contribution in [0.1, 0.15) is 43.0 Å². The van der Waals surface area contributed by atoms with Crippen LogP contribution < -0.4 is 5.43 Å². The molecule has 0 radical (unpaired) electrons. The lowest BCUT2D eigenvalue weighted by atomic mass is 9.89. The molecule has 0 heterocycles. The first-order valence-corrected chi connectivity index (χ1v) is 6.70. The van der Waals surface area contributed by atoms with Gasteiger partial charge in [-0.15, -0.1) is 0 Å². The number of nitro groups is 1. The second kappa shape index (κ2) is 6.27. The number of hydrogen-bond donors (Lipinski definition) is 1. The van der Waals surface area contributed by atoms with Crippen LogP contribution in [0.3, 0.4) is 0 Å². The van der Waals surface area contributed by atoms with Crippen molar-refractivity contribution in [2.75, 3.05) is 0 Å². The van der Waals surface area contributed by atoms with Gasteiger partial charge in [-0.05, 0) is 31.2 Å². The first-order valence-electron chi connectivity index (χ1n) is 6.70. The SMILES string of the molecule is CC1CCCC/C1=N\NC(=O)c1ccccc1[N+](=O)[O-]. The summed E-state index contributed by atoms with van der Waals surface area (Å²) < 4.78 is 0. The summed E-state index contributed by atoms with van der Waals surface area (Å²) in [5, 5.41) is 15.0. The van der Waals surface area contributed by atoms with E-state index in [1.807, 2.05) is 0 Å². The van der Waals surface area contributed by atoms with E-state index in [-0.39, 0.29) is 11.3 Å². The molecule has 1 unspecified atom stereocenters. The van der Waals surface area contributed by atoms with E-state index in [0.717, 1.165) is 25.0 Å². The topological polar surface area (TPSA) is 84.6 Å². The Morgan fingerprint density at radius 2 is 2.15 bits per heavy atom. The molecule has 0 aliphatic heterocycles. The molecule has 0 spiro atoms. The molecule has 6 heteroatoms. The summed E-state index contributed by atoms with van der Waals surface area (Å²) in [5.41, 5.74) is 3.23. The minimum Gasteiger partial charge on any atom is -0.267 e. The number of nitrogens with zero attached hydrogens (tertiary/aromatic N) is 2. The smallest absolute Gasteiger partial charge is 0.267 e. The summed E-state index contributed by atoms with van der Waals surface area (Å²) in [6.07, 6.45) is 4.20. The lowest BCUT2D eigenvalue weighted by Gasteiger charge is -2.19. The molecule has 6 nitrogen and oxygen atoms in total. The maximum absolute atomic E-state index is 12.0. The van der Waals surface area contributed by atoms with Gasteiger partial charge in [0.05, 0.1) is 4.92 Å². The first-order chi connectivity index (χ1) is 9.59. The third-order valence-electron chi connectivity index (χ3n) is 3.54. The highest BCUT2D eigenvalue weighted by molar-refractivity contribution is 5.99. The maximum atomic E-state index is 12.0. The summed E-state index contributed by atoms with van der Waals surface area (Å²) in [6, 6.07) is 5.87. The standard InChI is InChI=1S/C14H17N3O3/c1-10-6-2-4-8-12(10)15-16-14(18)11-7-3-5-9-13(11)17(19)20/h3,5,7,9-10H,2,4,6,8H2,1H3,(H,16,18)/b15-12+. The Morgan fingerprint density at radius 1 is 1.40 bits per heavy atom. The fourth-order valence-corrected chi connectivity index (χ4v) is 2.34. The number of hydrogen-bond acceptors (Lipinski definition) is 4. The van der Waals surface area contributed by atoms with Gasteiger partial charge in [0, 0.05) is 11.8 Å². The number of rotatable bonds is 3. The van der Waals surface area contributed by atoms with Crippen molar-refractivity contribution in [2.24, 2.45) is 11.0 Å². The summed E-state index contributed by atoms with van der Waals surface area (Å²) in [7, 11) is 0. The minimum absolute atomic E-state index is 0.0327. The van der Waals surface area contributed by atoms with E-state index in [2.05, 4.69) is 17.5 Å². The second-order valence-electron chi connectivity index (χ2n) is 4.97. The number of amides is 1. The quantitative estimate of drug-likeness (QED) is 0.680. The molecular weight excluding hydrogens is 258 g/mol. The molecule has 1 aliphatic carbocycles. The predicted molar refractivity (Wildman–Crippen MR) is 75.6 cm³/mol. The average molecular weight is 275 g/mol. The molecule has 0 aromatic heterocycles. The zero-order chi connectivity index (χ0) is 14.5. The van der Waals surface area contributed by atoms with E-state index in [1.165, 1.54) is 24.6 Å². The van der Waals surface area contributed by atoms with Crippen molar-refractivity contribution < 1.29 is 9.72 Å². The molecule has 1 N–H and O–H groups in total. The van der Waals surface area contributed by atoms with Crippen LogP contribution in [0.5, 0.6) is 0 Å². The Morgan fingerprint density at radius 3 is 2.85 bits per heavy atom. The van der Waals surface area contributed by atoms with Crippen molar-refractivity contribution in [3.05, 3.63) is 39.9 Å². The number of para-hydroxylation sites is 1. The van der Waals surface area contributed by atoms with Gasteiger partial charge < -0.3 is 0 Å². The molecule has 1 aliphatic rings. The van der Waals surface area contributed by atoms with Gasteiger partial charge in [0.1, 0.15) is 5.56 Å². The highest BCUT2D eigenvalue weighted by Crippen LogP contribution is 2.21. The average Bonchev–Trinajstić information content (AvgIpc) is 2.46. The van der Waals surface area contributed by atoms with Crippen LogP contribution in [-0.2, 0) is 0 Å². The van der Waals surface area contributed by atoms with Gasteiger partial charge in [0.2, 0.25) is 0 Å². The lowest BCUT2D eigenvalue weighted by Crippen LogP contribution is -2.24. The monoisotopic (exact) mass is 275 g/mol. The van der Waals surface area contributed by atoms with Crippen LogP contribution in [0.2, 0.25) is 0 Å². The van der Waals surface area contributed by atoms with Crippen LogP contribution in [0.25, 0.3) is 0 Å². The van der Waals surface area contributed by atoms with Crippen molar-refractivity contribution in [1.29, 1.82) is 0 Å². The summed E-state index contributed by atoms with van der Waals surface area (Å²) in [4.78, 5) is 22.3. The molecule has 2 rings (SSSR count). The van der Waals surface area contributed by atoms with Crippen molar-refractivity contribution >= 4 is 17.3 Å². The number of carbonyl (C=O) groups is 1. The highest BCUT2D eigenvalue weighted by Gasteiger charge is 2.20. The lowest BCUT2D eigenvalue weighted by molar-refractivity contribution is -0.385. The van der Waals surface area contributed by atoms with Crippen molar-refractivity contribution in [2.45, 2.75) is 32.6 Å². The molecule has 1 aromatic rings. The summed E-state index contributed by atoms with van der Waals surface area (Å²) in [6.45, 7) is 2.08.